The van der Waals surface area contributed by atoms with Gasteiger partial charge in [0.05, 0.1) is 20.5 Å². The zero-order valence-electron chi connectivity index (χ0n) is 15.0. The molecule has 1 N–H and O–H groups in total. The van der Waals surface area contributed by atoms with Gasteiger partial charge >= 0.3 is 0 Å². The highest BCUT2D eigenvalue weighted by Crippen LogP contribution is 2.34. The van der Waals surface area contributed by atoms with Crippen LogP contribution in [0.1, 0.15) is 5.76 Å². The minimum Gasteiger partial charge on any atom is -0.457 e. The Bertz CT molecular complexity index is 1240. The molecule has 1 saturated heterocycles. The normalized spacial score (nSPS) is 16.3. The molecule has 2 heterocycles. The summed E-state index contributed by atoms with van der Waals surface area (Å²) in [6.07, 6.45) is 1.58. The molecule has 1 amide bonds. The molecule has 150 valence electrons. The van der Waals surface area contributed by atoms with Crippen molar-refractivity contribution in [2.45, 2.75) is 0 Å². The van der Waals surface area contributed by atoms with E-state index in [9.17, 15) is 14.9 Å². The number of carbonyl (C=O) groups is 1. The molecular weight excluding hydrogens is 494 g/mol. The second-order valence-electron chi connectivity index (χ2n) is 6.08. The van der Waals surface area contributed by atoms with E-state index < -0.39 is 4.92 Å². The Balaban J connectivity index is 1.58. The fraction of sp³-hybridized carbons (Fsp3) is 0. The van der Waals surface area contributed by atoms with E-state index in [-0.39, 0.29) is 11.6 Å². The molecule has 1 fully saturated rings. The van der Waals surface area contributed by atoms with E-state index in [4.69, 9.17) is 16.0 Å². The van der Waals surface area contributed by atoms with Crippen molar-refractivity contribution in [1.82, 2.24) is 5.32 Å². The molecule has 0 radical (unpaired) electrons. The number of furan rings is 1. The minimum atomic E-state index is -0.503. The van der Waals surface area contributed by atoms with Crippen LogP contribution in [0.2, 0.25) is 5.02 Å². The zero-order chi connectivity index (χ0) is 21.3. The van der Waals surface area contributed by atoms with Gasteiger partial charge in [0.2, 0.25) is 0 Å². The molecule has 0 unspecified atom stereocenters. The molecule has 7 nitrogen and oxygen atoms in total. The van der Waals surface area contributed by atoms with Crippen LogP contribution in [-0.2, 0) is 4.79 Å². The third kappa shape index (κ3) is 4.48. The molecule has 1 aliphatic rings. The van der Waals surface area contributed by atoms with Crippen molar-refractivity contribution in [3.63, 3.8) is 0 Å². The number of rotatable bonds is 4. The summed E-state index contributed by atoms with van der Waals surface area (Å²) in [5.74, 6) is 0.482. The number of carbonyl (C=O) groups excluding carboxylic acids is 1. The second kappa shape index (κ2) is 8.47. The predicted molar refractivity (Wildman–Crippen MR) is 121 cm³/mol. The number of hydrogen-bond donors (Lipinski definition) is 1. The molecule has 0 spiro atoms. The molecule has 4 rings (SSSR count). The lowest BCUT2D eigenvalue weighted by Gasteiger charge is -2.00. The first-order chi connectivity index (χ1) is 14.4. The molecule has 1 aliphatic heterocycles. The number of thioether (sulfide) groups is 1. The number of nitrogens with zero attached hydrogens (tertiary/aromatic N) is 2. The van der Waals surface area contributed by atoms with Gasteiger partial charge in [-0.15, -0.1) is 0 Å². The van der Waals surface area contributed by atoms with E-state index >= 15 is 0 Å². The van der Waals surface area contributed by atoms with E-state index in [2.05, 4.69) is 26.2 Å². The van der Waals surface area contributed by atoms with Crippen molar-refractivity contribution in [3.05, 3.63) is 84.9 Å². The van der Waals surface area contributed by atoms with Gasteiger partial charge in [-0.1, -0.05) is 33.6 Å². The number of aliphatic imine (C=N–C) groups is 1. The van der Waals surface area contributed by atoms with Gasteiger partial charge in [-0.2, -0.15) is 0 Å². The van der Waals surface area contributed by atoms with E-state index in [1.54, 1.807) is 18.2 Å². The highest BCUT2D eigenvalue weighted by atomic mass is 79.9. The van der Waals surface area contributed by atoms with Crippen molar-refractivity contribution >= 4 is 67.8 Å². The summed E-state index contributed by atoms with van der Waals surface area (Å²) in [6, 6.07) is 14.8. The first kappa shape index (κ1) is 20.4. The van der Waals surface area contributed by atoms with E-state index in [0.29, 0.717) is 37.9 Å². The van der Waals surface area contributed by atoms with Crippen molar-refractivity contribution in [2.24, 2.45) is 4.99 Å². The third-order valence-electron chi connectivity index (χ3n) is 4.02. The second-order valence-corrected chi connectivity index (χ2v) is 8.44. The van der Waals surface area contributed by atoms with Crippen LogP contribution in [0.4, 0.5) is 11.4 Å². The van der Waals surface area contributed by atoms with Crippen LogP contribution in [0.5, 0.6) is 0 Å². The van der Waals surface area contributed by atoms with Gasteiger partial charge < -0.3 is 9.73 Å². The highest BCUT2D eigenvalue weighted by Gasteiger charge is 2.24. The lowest BCUT2D eigenvalue weighted by atomic mass is 10.1. The number of non-ortho nitro benzene ring substituents is 1. The standard InChI is InChI=1S/C20H11BrClN3O4S/c21-11-2-1-3-12(8-11)23-20-24-19(26)18(30-20)10-14-5-7-17(29-14)15-9-13(25(27)28)4-6-16(15)22/h1-10H,(H,23,24,26)/b18-10-. The highest BCUT2D eigenvalue weighted by molar-refractivity contribution is 9.10. The summed E-state index contributed by atoms with van der Waals surface area (Å²) in [5.41, 5.74) is 1.01. The fourth-order valence-electron chi connectivity index (χ4n) is 2.66. The van der Waals surface area contributed by atoms with Crippen LogP contribution in [-0.4, -0.2) is 16.0 Å². The largest absolute Gasteiger partial charge is 0.457 e. The summed E-state index contributed by atoms with van der Waals surface area (Å²) < 4.78 is 6.63. The van der Waals surface area contributed by atoms with Crippen molar-refractivity contribution in [2.75, 3.05) is 0 Å². The van der Waals surface area contributed by atoms with Gasteiger partial charge in [-0.05, 0) is 48.2 Å². The molecule has 1 aromatic heterocycles. The number of amides is 1. The number of nitro groups is 1. The van der Waals surface area contributed by atoms with Gasteiger partial charge in [0.15, 0.2) is 5.17 Å². The molecule has 2 aromatic carbocycles. The van der Waals surface area contributed by atoms with Gasteiger partial charge in [0, 0.05) is 28.2 Å². The third-order valence-corrected chi connectivity index (χ3v) is 5.75. The number of hydrogen-bond acceptors (Lipinski definition) is 6. The molecule has 0 aliphatic carbocycles. The first-order valence-electron chi connectivity index (χ1n) is 8.48. The fourth-order valence-corrected chi connectivity index (χ4v) is 4.08. The van der Waals surface area contributed by atoms with Crippen LogP contribution in [0, 0.1) is 10.1 Å². The summed E-state index contributed by atoms with van der Waals surface area (Å²) in [4.78, 5) is 27.6. The van der Waals surface area contributed by atoms with Crippen molar-refractivity contribution in [3.8, 4) is 11.3 Å². The lowest BCUT2D eigenvalue weighted by molar-refractivity contribution is -0.384. The Kier molecular flexibility index (Phi) is 5.76. The Labute approximate surface area is 188 Å². The topological polar surface area (TPSA) is 97.7 Å². The molecule has 0 bridgehead atoms. The van der Waals surface area contributed by atoms with Crippen LogP contribution in [0.3, 0.4) is 0 Å². The number of amidine groups is 1. The molecule has 0 atom stereocenters. The molecule has 0 saturated carbocycles. The Hall–Kier alpha value is -2.88. The van der Waals surface area contributed by atoms with Crippen molar-refractivity contribution < 1.29 is 14.1 Å². The Morgan fingerprint density at radius 3 is 2.80 bits per heavy atom. The first-order valence-corrected chi connectivity index (χ1v) is 10.5. The summed E-state index contributed by atoms with van der Waals surface area (Å²) in [6.45, 7) is 0. The maximum absolute atomic E-state index is 12.3. The summed E-state index contributed by atoms with van der Waals surface area (Å²) >= 11 is 10.7. The van der Waals surface area contributed by atoms with Gasteiger partial charge in [0.1, 0.15) is 11.5 Å². The number of benzene rings is 2. The maximum atomic E-state index is 12.3. The average Bonchev–Trinajstić information content (AvgIpc) is 3.29. The van der Waals surface area contributed by atoms with E-state index in [1.807, 2.05) is 24.3 Å². The van der Waals surface area contributed by atoms with E-state index in [0.717, 1.165) is 4.47 Å². The Morgan fingerprint density at radius 1 is 1.20 bits per heavy atom. The Morgan fingerprint density at radius 2 is 2.03 bits per heavy atom. The number of nitrogens with one attached hydrogen (secondary N) is 1. The SMILES string of the molecule is O=C1NC(=Nc2cccc(Br)c2)S/C1=C\c1ccc(-c2cc([N+](=O)[O-])ccc2Cl)o1. The van der Waals surface area contributed by atoms with Gasteiger partial charge in [-0.25, -0.2) is 4.99 Å². The van der Waals surface area contributed by atoms with Crippen LogP contribution < -0.4 is 5.32 Å². The predicted octanol–water partition coefficient (Wildman–Crippen LogP) is 6.16. The van der Waals surface area contributed by atoms with Gasteiger partial charge in [-0.3, -0.25) is 14.9 Å². The summed E-state index contributed by atoms with van der Waals surface area (Å²) in [5, 5.41) is 14.5. The minimum absolute atomic E-state index is 0.0927. The maximum Gasteiger partial charge on any atom is 0.270 e. The van der Waals surface area contributed by atoms with Crippen LogP contribution >= 0.6 is 39.3 Å². The van der Waals surface area contributed by atoms with Crippen molar-refractivity contribution in [1.29, 1.82) is 0 Å². The molecule has 3 aromatic rings. The van der Waals surface area contributed by atoms with Gasteiger partial charge in [0.25, 0.3) is 11.6 Å². The quantitative estimate of drug-likeness (QED) is 0.261. The molecule has 10 heteroatoms. The average molecular weight is 505 g/mol. The smallest absolute Gasteiger partial charge is 0.270 e. The number of halogens is 2. The van der Waals surface area contributed by atoms with Crippen LogP contribution in [0.25, 0.3) is 17.4 Å². The molecular formula is C20H11BrClN3O4S. The van der Waals surface area contributed by atoms with E-state index in [1.165, 1.54) is 30.0 Å². The van der Waals surface area contributed by atoms with Crippen LogP contribution in [0.15, 0.2) is 73.4 Å². The monoisotopic (exact) mass is 503 g/mol. The molecule has 30 heavy (non-hydrogen) atoms. The summed E-state index contributed by atoms with van der Waals surface area (Å²) in [7, 11) is 0. The lowest BCUT2D eigenvalue weighted by Crippen LogP contribution is -2.19. The zero-order valence-corrected chi connectivity index (χ0v) is 18.1. The number of nitro benzene ring substituents is 1.